The number of nitrogens with zero attached hydrogens (tertiary/aromatic N) is 2. The van der Waals surface area contributed by atoms with Crippen molar-refractivity contribution < 1.29 is 10.2 Å². The van der Waals surface area contributed by atoms with Gasteiger partial charge in [-0.05, 0) is 62.6 Å². The fourth-order valence-electron chi connectivity index (χ4n) is 3.69. The van der Waals surface area contributed by atoms with Gasteiger partial charge in [-0.2, -0.15) is 0 Å². The maximum atomic E-state index is 10.6. The summed E-state index contributed by atoms with van der Waals surface area (Å²) in [4.78, 5) is 4.82. The molecule has 3 N–H and O–H groups in total. The van der Waals surface area contributed by atoms with Gasteiger partial charge in [0.25, 0.3) is 0 Å². The van der Waals surface area contributed by atoms with E-state index in [2.05, 4.69) is 48.9 Å². The molecule has 5 heteroatoms. The van der Waals surface area contributed by atoms with Gasteiger partial charge < -0.3 is 20.1 Å². The van der Waals surface area contributed by atoms with Crippen LogP contribution in [0.15, 0.2) is 54.6 Å². The van der Waals surface area contributed by atoms with E-state index in [1.54, 1.807) is 0 Å². The Hall–Kier alpha value is -2.47. The van der Waals surface area contributed by atoms with Crippen molar-refractivity contribution >= 4 is 0 Å². The van der Waals surface area contributed by atoms with E-state index < -0.39 is 6.10 Å². The zero-order valence-electron chi connectivity index (χ0n) is 17.5. The monoisotopic (exact) mass is 393 g/mol. The fourth-order valence-corrected chi connectivity index (χ4v) is 3.69. The predicted octanol–water partition coefficient (Wildman–Crippen LogP) is 3.10. The number of hydrogen-bond acceptors (Lipinski definition) is 4. The second-order valence-corrected chi connectivity index (χ2v) is 7.78. The number of aliphatic hydroxyl groups excluding tert-OH is 2. The first-order valence-electron chi connectivity index (χ1n) is 10.1. The lowest BCUT2D eigenvalue weighted by Crippen LogP contribution is -2.35. The predicted molar refractivity (Wildman–Crippen MR) is 116 cm³/mol. The number of rotatable bonds is 9. The van der Waals surface area contributed by atoms with Crippen LogP contribution in [0.4, 0.5) is 0 Å². The molecule has 2 heterocycles. The molecule has 0 amide bonds. The Morgan fingerprint density at radius 2 is 1.69 bits per heavy atom. The van der Waals surface area contributed by atoms with Crippen molar-refractivity contribution in [3.05, 3.63) is 82.8 Å². The average molecular weight is 394 g/mol. The Morgan fingerprint density at radius 3 is 2.34 bits per heavy atom. The number of aliphatic hydroxyl groups is 2. The van der Waals surface area contributed by atoms with Crippen molar-refractivity contribution in [2.24, 2.45) is 5.92 Å². The fraction of sp³-hybridized carbons (Fsp3) is 0.375. The maximum absolute atomic E-state index is 10.6. The normalized spacial score (nSPS) is 13.4. The van der Waals surface area contributed by atoms with Gasteiger partial charge in [0.1, 0.15) is 5.82 Å². The summed E-state index contributed by atoms with van der Waals surface area (Å²) in [5.74, 6) is 0.612. The minimum atomic E-state index is -0.649. The van der Waals surface area contributed by atoms with Gasteiger partial charge in [0.05, 0.1) is 6.10 Å². The van der Waals surface area contributed by atoms with E-state index >= 15 is 0 Å². The van der Waals surface area contributed by atoms with Gasteiger partial charge in [-0.15, -0.1) is 0 Å². The van der Waals surface area contributed by atoms with Crippen LogP contribution in [0.1, 0.15) is 28.2 Å². The first-order chi connectivity index (χ1) is 14.0. The van der Waals surface area contributed by atoms with Crippen LogP contribution in [0, 0.1) is 26.7 Å². The molecule has 2 unspecified atom stereocenters. The third-order valence-corrected chi connectivity index (χ3v) is 5.28. The largest absolute Gasteiger partial charge is 0.396 e. The van der Waals surface area contributed by atoms with Crippen molar-refractivity contribution in [3.8, 4) is 5.82 Å². The smallest absolute Gasteiger partial charge is 0.137 e. The molecular formula is C24H31N3O2. The molecule has 2 atom stereocenters. The molecule has 0 radical (unpaired) electrons. The maximum Gasteiger partial charge on any atom is 0.137 e. The van der Waals surface area contributed by atoms with Crippen molar-refractivity contribution in [2.75, 3.05) is 13.2 Å². The number of aromatic nitrogens is 2. The SMILES string of the molecule is Cc1cc(CC(CO)C(O)CNCc2ccccc2)nc(-n2c(C)ccc2C)c1. The topological polar surface area (TPSA) is 70.3 Å². The molecule has 0 aliphatic rings. The van der Waals surface area contributed by atoms with E-state index in [0.29, 0.717) is 19.5 Å². The van der Waals surface area contributed by atoms with E-state index in [1.165, 1.54) is 5.56 Å². The molecule has 0 fully saturated rings. The molecular weight excluding hydrogens is 362 g/mol. The molecule has 29 heavy (non-hydrogen) atoms. The van der Waals surface area contributed by atoms with E-state index in [-0.39, 0.29) is 12.5 Å². The van der Waals surface area contributed by atoms with Crippen molar-refractivity contribution in [1.29, 1.82) is 0 Å². The number of pyridine rings is 1. The third kappa shape index (κ3) is 5.54. The summed E-state index contributed by atoms with van der Waals surface area (Å²) < 4.78 is 2.13. The second-order valence-electron chi connectivity index (χ2n) is 7.78. The van der Waals surface area contributed by atoms with E-state index in [4.69, 9.17) is 4.98 Å². The highest BCUT2D eigenvalue weighted by atomic mass is 16.3. The number of aryl methyl sites for hydroxylation is 3. The molecule has 0 saturated carbocycles. The van der Waals surface area contributed by atoms with E-state index in [0.717, 1.165) is 28.5 Å². The van der Waals surface area contributed by atoms with Crippen molar-refractivity contribution in [1.82, 2.24) is 14.9 Å². The van der Waals surface area contributed by atoms with Crippen LogP contribution >= 0.6 is 0 Å². The molecule has 0 aliphatic heterocycles. The van der Waals surface area contributed by atoms with Gasteiger partial charge in [-0.3, -0.25) is 0 Å². The Bertz CT molecular complexity index is 902. The number of benzene rings is 1. The lowest BCUT2D eigenvalue weighted by atomic mass is 9.96. The van der Waals surface area contributed by atoms with Crippen LogP contribution in [-0.2, 0) is 13.0 Å². The summed E-state index contributed by atoms with van der Waals surface area (Å²) in [6.45, 7) is 7.21. The minimum absolute atomic E-state index is 0.0826. The highest BCUT2D eigenvalue weighted by Crippen LogP contribution is 2.19. The van der Waals surface area contributed by atoms with E-state index in [9.17, 15) is 10.2 Å². The average Bonchev–Trinajstić information content (AvgIpc) is 3.04. The molecule has 0 spiro atoms. The molecule has 0 aliphatic carbocycles. The standard InChI is InChI=1S/C24H31N3O2/c1-17-11-22(26-24(12-17)27-18(2)9-10-19(27)3)13-21(16-28)23(29)15-25-14-20-7-5-4-6-8-20/h4-12,21,23,25,28-29H,13-16H2,1-3H3. The molecule has 1 aromatic carbocycles. The third-order valence-electron chi connectivity index (χ3n) is 5.28. The lowest BCUT2D eigenvalue weighted by molar-refractivity contribution is 0.0663. The van der Waals surface area contributed by atoms with Gasteiger partial charge in [0, 0.05) is 42.7 Å². The van der Waals surface area contributed by atoms with E-state index in [1.807, 2.05) is 36.4 Å². The second kappa shape index (κ2) is 9.83. The Morgan fingerprint density at radius 1 is 1.00 bits per heavy atom. The molecule has 3 aromatic rings. The zero-order chi connectivity index (χ0) is 20.8. The quantitative estimate of drug-likeness (QED) is 0.522. The van der Waals surface area contributed by atoms with Gasteiger partial charge in [-0.1, -0.05) is 30.3 Å². The van der Waals surface area contributed by atoms with Crippen LogP contribution in [0.25, 0.3) is 5.82 Å². The van der Waals surface area contributed by atoms with Gasteiger partial charge in [0.15, 0.2) is 0 Å². The Labute approximate surface area is 173 Å². The van der Waals surface area contributed by atoms with Gasteiger partial charge in [-0.25, -0.2) is 4.98 Å². The van der Waals surface area contributed by atoms with Crippen LogP contribution in [0.3, 0.4) is 0 Å². The summed E-state index contributed by atoms with van der Waals surface area (Å²) >= 11 is 0. The summed E-state index contributed by atoms with van der Waals surface area (Å²) in [5.41, 5.74) is 5.44. The van der Waals surface area contributed by atoms with Crippen LogP contribution in [-0.4, -0.2) is 39.0 Å². The number of hydrogen-bond donors (Lipinski definition) is 3. The first-order valence-corrected chi connectivity index (χ1v) is 10.1. The zero-order valence-corrected chi connectivity index (χ0v) is 17.5. The number of nitrogens with one attached hydrogen (secondary N) is 1. The Kier molecular flexibility index (Phi) is 7.20. The molecule has 5 nitrogen and oxygen atoms in total. The molecule has 3 rings (SSSR count). The Balaban J connectivity index is 1.67. The summed E-state index contributed by atoms with van der Waals surface area (Å²) in [7, 11) is 0. The molecule has 2 aromatic heterocycles. The van der Waals surface area contributed by atoms with Crippen LogP contribution in [0.2, 0.25) is 0 Å². The van der Waals surface area contributed by atoms with Crippen molar-refractivity contribution in [2.45, 2.75) is 39.8 Å². The van der Waals surface area contributed by atoms with Crippen molar-refractivity contribution in [3.63, 3.8) is 0 Å². The van der Waals surface area contributed by atoms with Crippen LogP contribution in [0.5, 0.6) is 0 Å². The molecule has 0 bridgehead atoms. The lowest BCUT2D eigenvalue weighted by Gasteiger charge is -2.22. The molecule has 154 valence electrons. The molecule has 0 saturated heterocycles. The minimum Gasteiger partial charge on any atom is -0.396 e. The summed E-state index contributed by atoms with van der Waals surface area (Å²) in [6.07, 6.45) is -0.122. The highest BCUT2D eigenvalue weighted by Gasteiger charge is 2.20. The first kappa shape index (κ1) is 21.2. The van der Waals surface area contributed by atoms with Crippen LogP contribution < -0.4 is 5.32 Å². The summed E-state index contributed by atoms with van der Waals surface area (Å²) in [5, 5.41) is 23.7. The summed E-state index contributed by atoms with van der Waals surface area (Å²) in [6, 6.07) is 18.3. The highest BCUT2D eigenvalue weighted by molar-refractivity contribution is 5.35. The van der Waals surface area contributed by atoms with Gasteiger partial charge >= 0.3 is 0 Å². The van der Waals surface area contributed by atoms with Gasteiger partial charge in [0.2, 0.25) is 0 Å².